The number of hydrogen-bond acceptors (Lipinski definition) is 4. The van der Waals surface area contributed by atoms with E-state index in [1.165, 1.54) is 33.0 Å². The Morgan fingerprint density at radius 3 is 0.778 bits per heavy atom. The number of benzene rings is 12. The van der Waals surface area contributed by atoms with E-state index in [4.69, 9.17) is 18.9 Å². The van der Waals surface area contributed by atoms with Crippen LogP contribution in [0.2, 0.25) is 0 Å². The minimum absolute atomic E-state index is 0.0415. The van der Waals surface area contributed by atoms with Crippen molar-refractivity contribution >= 4 is 75.4 Å². The molecule has 0 N–H and O–H groups in total. The minimum Gasteiger partial charge on any atom is -0.457 e. The molecule has 0 aliphatic carbocycles. The quantitative estimate of drug-likeness (QED) is 0.0714. The first kappa shape index (κ1) is 62.4. The molecule has 12 aromatic carbocycles. The Morgan fingerprint density at radius 1 is 0.222 bits per heavy atom. The zero-order valence-corrected chi connectivity index (χ0v) is 57.6. The first-order chi connectivity index (χ1) is 42.0. The molecular formula is C86H96O4. The van der Waals surface area contributed by atoms with Crippen LogP contribution in [0.5, 0.6) is 46.0 Å². The molecule has 0 atom stereocenters. The first-order valence-electron chi connectivity index (χ1n) is 33.0. The van der Waals surface area contributed by atoms with Gasteiger partial charge in [0.25, 0.3) is 0 Å². The van der Waals surface area contributed by atoms with Gasteiger partial charge in [-0.05, 0) is 207 Å². The zero-order chi connectivity index (χ0) is 64.5. The second-order valence-electron chi connectivity index (χ2n) is 34.0. The van der Waals surface area contributed by atoms with Gasteiger partial charge in [0.15, 0.2) is 0 Å². The Hall–Kier alpha value is -7.82. The van der Waals surface area contributed by atoms with Crippen LogP contribution in [0.25, 0.3) is 75.4 Å². The van der Waals surface area contributed by atoms with E-state index in [0.717, 1.165) is 136 Å². The van der Waals surface area contributed by atoms with Crippen molar-refractivity contribution in [2.24, 2.45) is 21.7 Å². The summed E-state index contributed by atoms with van der Waals surface area (Å²) < 4.78 is 30.0. The third-order valence-corrected chi connectivity index (χ3v) is 18.8. The van der Waals surface area contributed by atoms with Crippen LogP contribution in [-0.2, 0) is 21.7 Å². The third kappa shape index (κ3) is 12.3. The summed E-state index contributed by atoms with van der Waals surface area (Å²) in [5.74, 6) is 5.92. The van der Waals surface area contributed by atoms with E-state index in [9.17, 15) is 0 Å². The molecule has 0 amide bonds. The Kier molecular flexibility index (Phi) is 15.2. The van der Waals surface area contributed by atoms with Crippen molar-refractivity contribution in [2.75, 3.05) is 0 Å². The molecule has 12 rings (SSSR count). The summed E-state index contributed by atoms with van der Waals surface area (Å²) in [5, 5.41) is 14.9. The molecule has 4 nitrogen and oxygen atoms in total. The van der Waals surface area contributed by atoms with Gasteiger partial charge < -0.3 is 18.9 Å². The monoisotopic (exact) mass is 1190 g/mol. The Balaban J connectivity index is 1.19. The Bertz CT molecular complexity index is 4340. The van der Waals surface area contributed by atoms with Crippen LogP contribution < -0.4 is 18.9 Å². The lowest BCUT2D eigenvalue weighted by atomic mass is 9.72. The van der Waals surface area contributed by atoms with Crippen molar-refractivity contribution in [2.45, 2.75) is 186 Å². The number of fused-ring (bicyclic) bond motifs is 4. The molecule has 90 heavy (non-hydrogen) atoms. The first-order valence-corrected chi connectivity index (χ1v) is 33.0. The molecule has 0 radical (unpaired) electrons. The van der Waals surface area contributed by atoms with Crippen LogP contribution >= 0.6 is 0 Å². The van der Waals surface area contributed by atoms with Gasteiger partial charge in [0.1, 0.15) is 46.0 Å². The molecule has 0 heterocycles. The van der Waals surface area contributed by atoms with Gasteiger partial charge in [-0.1, -0.05) is 236 Å². The summed E-state index contributed by atoms with van der Waals surface area (Å²) in [4.78, 5) is 0. The summed E-state index contributed by atoms with van der Waals surface area (Å²) in [5.41, 5.74) is 5.56. The maximum Gasteiger partial charge on any atom is 0.136 e. The highest BCUT2D eigenvalue weighted by Crippen LogP contribution is 2.58. The highest BCUT2D eigenvalue weighted by molar-refractivity contribution is 6.45. The SMILES string of the molecule is CC(C)(C)CC(C)(C)c1ccc(Oc2ccc3ccc(Oc4ccc(C(C)(C)CC(C)(C)C)cc4)c4c5c(Oc6ccc(C(C)(C)CC(C)(C)C)cc6)cc6c7cccc8cccc(c9cc(Oc%10ccc(C(C)(C)CC(C)(C)C)cc%10)c(c2c34)c5c96)c87)cc1. The summed E-state index contributed by atoms with van der Waals surface area (Å²) in [7, 11) is 0. The Morgan fingerprint density at radius 2 is 0.489 bits per heavy atom. The van der Waals surface area contributed by atoms with Gasteiger partial charge in [-0.15, -0.1) is 0 Å². The smallest absolute Gasteiger partial charge is 0.136 e. The summed E-state index contributed by atoms with van der Waals surface area (Å²) in [6.45, 7) is 46.7. The second-order valence-corrected chi connectivity index (χ2v) is 34.0. The average Bonchev–Trinajstić information content (AvgIpc) is 0.679. The van der Waals surface area contributed by atoms with Crippen molar-refractivity contribution in [1.29, 1.82) is 0 Å². The predicted molar refractivity (Wildman–Crippen MR) is 386 cm³/mol. The van der Waals surface area contributed by atoms with E-state index in [2.05, 4.69) is 308 Å². The van der Waals surface area contributed by atoms with E-state index < -0.39 is 0 Å². The third-order valence-electron chi connectivity index (χ3n) is 18.8. The molecule has 4 heteroatoms. The zero-order valence-electron chi connectivity index (χ0n) is 57.6. The summed E-state index contributed by atoms with van der Waals surface area (Å²) in [6.07, 6.45) is 4.16. The minimum atomic E-state index is -0.0522. The van der Waals surface area contributed by atoms with E-state index >= 15 is 0 Å². The number of rotatable bonds is 16. The van der Waals surface area contributed by atoms with Crippen LogP contribution in [0.3, 0.4) is 0 Å². The fraction of sp³-hybridized carbons (Fsp3) is 0.372. The molecule has 0 bridgehead atoms. The topological polar surface area (TPSA) is 36.9 Å². The molecule has 0 aromatic heterocycles. The van der Waals surface area contributed by atoms with Gasteiger partial charge in [-0.25, -0.2) is 0 Å². The lowest BCUT2D eigenvalue weighted by molar-refractivity contribution is 0.283. The standard InChI is InChI=1S/C86H96O4/c1-79(2,3)49-83(13,14)55-29-37-59(38-30-55)87-67-45-27-54-28-46-68(88-60-39-31-56(32-40-60)84(15,16)50-80(4,5)6)75-72(54)74(67)76-69(89-61-41-33-57(34-42-61)85(17,18)51-81(7,8)9)47-65-63-25-21-23-53-24-22-26-64(71(53)63)66-48-70(77(75)78(76)73(65)66)90-62-43-35-58(36-44-62)86(19,20)52-82(10,11)12/h21-48H,49-52H2,1-20H3. The molecule has 0 spiro atoms. The van der Waals surface area contributed by atoms with Gasteiger partial charge in [0.2, 0.25) is 0 Å². The maximum absolute atomic E-state index is 7.61. The Labute approximate surface area is 537 Å². The lowest BCUT2D eigenvalue weighted by Crippen LogP contribution is -2.24. The van der Waals surface area contributed by atoms with Gasteiger partial charge in [0, 0.05) is 32.3 Å². The van der Waals surface area contributed by atoms with E-state index in [1.54, 1.807) is 0 Å². The molecule has 0 saturated carbocycles. The van der Waals surface area contributed by atoms with Crippen LogP contribution in [0.15, 0.2) is 170 Å². The predicted octanol–water partition coefficient (Wildman–Crippen LogP) is 26.7. The molecule has 0 aliphatic heterocycles. The normalized spacial score (nSPS) is 13.5. The van der Waals surface area contributed by atoms with Crippen molar-refractivity contribution in [3.05, 3.63) is 192 Å². The average molecular weight is 1190 g/mol. The van der Waals surface area contributed by atoms with E-state index in [-0.39, 0.29) is 43.3 Å². The summed E-state index contributed by atoms with van der Waals surface area (Å²) >= 11 is 0. The van der Waals surface area contributed by atoms with Gasteiger partial charge in [-0.2, -0.15) is 0 Å². The molecule has 0 unspecified atom stereocenters. The number of ether oxygens (including phenoxy) is 4. The van der Waals surface area contributed by atoms with Gasteiger partial charge in [-0.3, -0.25) is 0 Å². The van der Waals surface area contributed by atoms with Crippen molar-refractivity contribution in [3.63, 3.8) is 0 Å². The van der Waals surface area contributed by atoms with Crippen LogP contribution in [0, 0.1) is 21.7 Å². The van der Waals surface area contributed by atoms with Crippen molar-refractivity contribution in [3.8, 4) is 46.0 Å². The second kappa shape index (κ2) is 22.0. The van der Waals surface area contributed by atoms with Crippen LogP contribution in [0.4, 0.5) is 0 Å². The van der Waals surface area contributed by atoms with Crippen molar-refractivity contribution in [1.82, 2.24) is 0 Å². The maximum atomic E-state index is 7.61. The van der Waals surface area contributed by atoms with Crippen molar-refractivity contribution < 1.29 is 18.9 Å². The molecule has 0 saturated heterocycles. The number of hydrogen-bond donors (Lipinski definition) is 0. The van der Waals surface area contributed by atoms with Gasteiger partial charge in [0.05, 0.1) is 0 Å². The lowest BCUT2D eigenvalue weighted by Gasteiger charge is -2.33. The molecule has 12 aromatic rings. The highest BCUT2D eigenvalue weighted by Gasteiger charge is 2.34. The summed E-state index contributed by atoms with van der Waals surface area (Å²) in [6, 6.07) is 62.1. The molecule has 0 aliphatic rings. The highest BCUT2D eigenvalue weighted by atomic mass is 16.5. The van der Waals surface area contributed by atoms with E-state index in [1.807, 2.05) is 0 Å². The van der Waals surface area contributed by atoms with Crippen LogP contribution in [0.1, 0.15) is 186 Å². The molecular weight excluding hydrogens is 1100 g/mol. The van der Waals surface area contributed by atoms with E-state index in [0.29, 0.717) is 0 Å². The fourth-order valence-electron chi connectivity index (χ4n) is 16.6. The molecule has 0 fully saturated rings. The van der Waals surface area contributed by atoms with Gasteiger partial charge >= 0.3 is 0 Å². The largest absolute Gasteiger partial charge is 0.457 e. The van der Waals surface area contributed by atoms with Crippen LogP contribution in [-0.4, -0.2) is 0 Å². The fourth-order valence-corrected chi connectivity index (χ4v) is 16.6. The molecule has 464 valence electrons.